The molecule has 0 saturated heterocycles. The van der Waals surface area contributed by atoms with Crippen molar-refractivity contribution in [3.63, 3.8) is 0 Å². The molecular weight excluding hydrogens is 553 g/mol. The highest BCUT2D eigenvalue weighted by Crippen LogP contribution is 2.29. The molecule has 0 bridgehead atoms. The number of carboxylic acids is 1. The Morgan fingerprint density at radius 1 is 1.15 bits per heavy atom. The average Bonchev–Trinajstić information content (AvgIpc) is 2.77. The minimum Gasteiger partial charge on any atom is -0.482 e. The Hall–Kier alpha value is -3.02. The number of benzene rings is 2. The first kappa shape index (κ1) is 26.2. The molecule has 0 aliphatic heterocycles. The summed E-state index contributed by atoms with van der Waals surface area (Å²) in [6, 6.07) is 10.7. The number of carbonyl (C=O) groups is 3. The molecule has 0 radical (unpaired) electrons. The molecule has 33 heavy (non-hydrogen) atoms. The summed E-state index contributed by atoms with van der Waals surface area (Å²) < 4.78 is 43.5. The van der Waals surface area contributed by atoms with E-state index in [0.29, 0.717) is 9.32 Å². The Bertz CT molecular complexity index is 1040. The molecule has 0 heterocycles. The maximum atomic E-state index is 13.9. The predicted molar refractivity (Wildman–Crippen MR) is 123 cm³/mol. The molecule has 0 aliphatic rings. The molecule has 7 nitrogen and oxygen atoms in total. The molecular formula is C23H21F2IO7. The lowest BCUT2D eigenvalue weighted by molar-refractivity contribution is -0.187. The molecule has 2 aromatic rings. The number of carbonyl (C=O) groups excluding carboxylic acids is 2. The number of aliphatic carboxylic acids is 1. The highest BCUT2D eigenvalue weighted by molar-refractivity contribution is 14.1. The average molecular weight is 574 g/mol. The molecule has 2 aromatic carbocycles. The Morgan fingerprint density at radius 3 is 2.30 bits per heavy atom. The molecule has 1 atom stereocenters. The van der Waals surface area contributed by atoms with Gasteiger partial charge in [-0.3, -0.25) is 0 Å². The first-order valence-electron chi connectivity index (χ1n) is 9.63. The van der Waals surface area contributed by atoms with Crippen molar-refractivity contribution in [2.24, 2.45) is 5.92 Å². The van der Waals surface area contributed by atoms with Crippen LogP contribution in [0.2, 0.25) is 0 Å². The fraction of sp³-hybridized carbons (Fsp3) is 0.261. The van der Waals surface area contributed by atoms with E-state index in [9.17, 15) is 23.2 Å². The van der Waals surface area contributed by atoms with Crippen LogP contribution in [0.1, 0.15) is 29.8 Å². The van der Waals surface area contributed by atoms with Crippen LogP contribution in [-0.4, -0.2) is 41.6 Å². The van der Waals surface area contributed by atoms with Crippen LogP contribution in [-0.2, 0) is 14.3 Å². The lowest BCUT2D eigenvalue weighted by Gasteiger charge is -2.26. The smallest absolute Gasteiger partial charge is 0.378 e. The van der Waals surface area contributed by atoms with Crippen LogP contribution in [0.25, 0.3) is 6.08 Å². The van der Waals surface area contributed by atoms with E-state index in [1.165, 1.54) is 32.0 Å². The Kier molecular flexibility index (Phi) is 8.91. The van der Waals surface area contributed by atoms with Crippen LogP contribution >= 0.6 is 22.6 Å². The van der Waals surface area contributed by atoms with Gasteiger partial charge in [-0.25, -0.2) is 14.4 Å². The standard InChI is InChI=1S/C23H21F2IO7/c1-4-14-5-8-16(9-6-14)31-12-19(27)32-18-10-7-15(11-17(18)26)21(28)33-20(13(2)3)23(24,25)22(29)30/h4-11,13,20H,1,12H2,2-3H3,(H,29,30). The lowest BCUT2D eigenvalue weighted by atomic mass is 10.0. The summed E-state index contributed by atoms with van der Waals surface area (Å²) in [5.41, 5.74) is 0.786. The molecule has 176 valence electrons. The van der Waals surface area contributed by atoms with Crippen LogP contribution in [0, 0.1) is 9.49 Å². The molecule has 0 aromatic heterocycles. The van der Waals surface area contributed by atoms with Crippen molar-refractivity contribution in [1.29, 1.82) is 0 Å². The second-order valence-corrected chi connectivity index (χ2v) is 8.34. The van der Waals surface area contributed by atoms with E-state index in [1.54, 1.807) is 52.9 Å². The molecule has 0 saturated carbocycles. The molecule has 2 rings (SSSR count). The van der Waals surface area contributed by atoms with Crippen molar-refractivity contribution in [3.05, 3.63) is 63.7 Å². The molecule has 1 unspecified atom stereocenters. The number of alkyl halides is 2. The Morgan fingerprint density at radius 2 is 1.79 bits per heavy atom. The topological polar surface area (TPSA) is 99.1 Å². The van der Waals surface area contributed by atoms with E-state index >= 15 is 0 Å². The number of rotatable bonds is 10. The second-order valence-electron chi connectivity index (χ2n) is 7.18. The summed E-state index contributed by atoms with van der Waals surface area (Å²) >= 11 is 1.80. The largest absolute Gasteiger partial charge is 0.482 e. The lowest BCUT2D eigenvalue weighted by Crippen LogP contribution is -2.47. The summed E-state index contributed by atoms with van der Waals surface area (Å²) in [6.45, 7) is 5.91. The zero-order valence-corrected chi connectivity index (χ0v) is 19.9. The van der Waals surface area contributed by atoms with E-state index in [2.05, 4.69) is 6.58 Å². The van der Waals surface area contributed by atoms with Crippen LogP contribution in [0.5, 0.6) is 11.5 Å². The number of halogens is 3. The van der Waals surface area contributed by atoms with E-state index < -0.39 is 35.9 Å². The molecule has 0 fully saturated rings. The third-order valence-corrected chi connectivity index (χ3v) is 5.19. The van der Waals surface area contributed by atoms with Gasteiger partial charge in [0.05, 0.1) is 9.13 Å². The first-order chi connectivity index (χ1) is 15.4. The molecule has 0 aliphatic carbocycles. The van der Waals surface area contributed by atoms with Crippen LogP contribution < -0.4 is 9.47 Å². The Balaban J connectivity index is 2.02. The van der Waals surface area contributed by atoms with Crippen molar-refractivity contribution in [2.45, 2.75) is 25.9 Å². The monoisotopic (exact) mass is 574 g/mol. The Labute approximate surface area is 202 Å². The van der Waals surface area contributed by atoms with Crippen molar-refractivity contribution >= 4 is 46.6 Å². The highest BCUT2D eigenvalue weighted by Gasteiger charge is 2.51. The second kappa shape index (κ2) is 11.2. The maximum absolute atomic E-state index is 13.9. The van der Waals surface area contributed by atoms with Gasteiger partial charge in [0.15, 0.2) is 12.7 Å². The zero-order chi connectivity index (χ0) is 24.8. The van der Waals surface area contributed by atoms with Gasteiger partial charge in [-0.1, -0.05) is 38.6 Å². The van der Waals surface area contributed by atoms with Gasteiger partial charge >= 0.3 is 23.8 Å². The molecule has 1 N–H and O–H groups in total. The quantitative estimate of drug-likeness (QED) is 0.247. The highest BCUT2D eigenvalue weighted by atomic mass is 127. The van der Waals surface area contributed by atoms with Gasteiger partial charge in [-0.15, -0.1) is 0 Å². The summed E-state index contributed by atoms with van der Waals surface area (Å²) in [6.07, 6.45) is -0.490. The number of hydrogen-bond acceptors (Lipinski definition) is 6. The minimum absolute atomic E-state index is 0.107. The van der Waals surface area contributed by atoms with Gasteiger partial charge in [0.2, 0.25) is 0 Å². The van der Waals surface area contributed by atoms with Crippen LogP contribution in [0.15, 0.2) is 49.0 Å². The predicted octanol–water partition coefficient (Wildman–Crippen LogP) is 4.82. The molecule has 10 heteroatoms. The number of hydrogen-bond donors (Lipinski definition) is 1. The molecule has 0 amide bonds. The van der Waals surface area contributed by atoms with E-state index in [1.807, 2.05) is 0 Å². The SMILES string of the molecule is C=Cc1ccc(OCC(=O)Oc2ccc(C(=O)OC(C(C)C)C(F)(F)C(=O)O)cc2I)cc1. The number of esters is 2. The van der Waals surface area contributed by atoms with Gasteiger partial charge in [0.25, 0.3) is 0 Å². The van der Waals surface area contributed by atoms with E-state index in [4.69, 9.17) is 19.3 Å². The van der Waals surface area contributed by atoms with Crippen molar-refractivity contribution < 1.29 is 42.5 Å². The zero-order valence-electron chi connectivity index (χ0n) is 17.7. The fourth-order valence-electron chi connectivity index (χ4n) is 2.64. The van der Waals surface area contributed by atoms with Crippen LogP contribution in [0.4, 0.5) is 8.78 Å². The summed E-state index contributed by atoms with van der Waals surface area (Å²) in [7, 11) is 0. The third-order valence-electron chi connectivity index (χ3n) is 4.35. The third kappa shape index (κ3) is 6.98. The fourth-order valence-corrected chi connectivity index (χ4v) is 3.26. The van der Waals surface area contributed by atoms with Gasteiger partial charge in [0, 0.05) is 0 Å². The normalized spacial score (nSPS) is 12.1. The van der Waals surface area contributed by atoms with Crippen molar-refractivity contribution in [3.8, 4) is 11.5 Å². The summed E-state index contributed by atoms with van der Waals surface area (Å²) in [5.74, 6) is -8.83. The van der Waals surface area contributed by atoms with Crippen molar-refractivity contribution in [1.82, 2.24) is 0 Å². The first-order valence-corrected chi connectivity index (χ1v) is 10.7. The van der Waals surface area contributed by atoms with Gasteiger partial charge in [0.1, 0.15) is 11.5 Å². The number of carboxylic acid groups (broad SMARTS) is 1. The van der Waals surface area contributed by atoms with Gasteiger partial charge in [-0.2, -0.15) is 8.78 Å². The summed E-state index contributed by atoms with van der Waals surface area (Å²) in [4.78, 5) is 35.3. The van der Waals surface area contributed by atoms with Gasteiger partial charge < -0.3 is 19.3 Å². The van der Waals surface area contributed by atoms with Crippen molar-refractivity contribution in [2.75, 3.05) is 6.61 Å². The minimum atomic E-state index is -4.25. The van der Waals surface area contributed by atoms with Gasteiger partial charge in [-0.05, 0) is 64.4 Å². The number of ether oxygens (including phenoxy) is 3. The van der Waals surface area contributed by atoms with Crippen LogP contribution in [0.3, 0.4) is 0 Å². The maximum Gasteiger partial charge on any atom is 0.378 e. The van der Waals surface area contributed by atoms with E-state index in [-0.39, 0.29) is 17.9 Å². The molecule has 0 spiro atoms. The van der Waals surface area contributed by atoms with E-state index in [0.717, 1.165) is 5.56 Å². The summed E-state index contributed by atoms with van der Waals surface area (Å²) in [5, 5.41) is 8.74.